The summed E-state index contributed by atoms with van der Waals surface area (Å²) in [5.74, 6) is 1.14. The van der Waals surface area contributed by atoms with Crippen LogP contribution >= 0.6 is 0 Å². The maximum Gasteiger partial charge on any atom is 0.294 e. The van der Waals surface area contributed by atoms with E-state index in [4.69, 9.17) is 0 Å². The zero-order valence-corrected chi connectivity index (χ0v) is 27.6. The van der Waals surface area contributed by atoms with Gasteiger partial charge in [0.15, 0.2) is 0 Å². The summed E-state index contributed by atoms with van der Waals surface area (Å²) in [6.07, 6.45) is 4.43. The van der Waals surface area contributed by atoms with Crippen LogP contribution in [0.1, 0.15) is 5.56 Å². The highest BCUT2D eigenvalue weighted by atomic mass is 15.1. The number of benzene rings is 7. The van der Waals surface area contributed by atoms with Gasteiger partial charge in [0.05, 0.1) is 12.6 Å². The van der Waals surface area contributed by atoms with Crippen LogP contribution in [0.15, 0.2) is 176 Å². The topological polar surface area (TPSA) is 8.81 Å². The summed E-state index contributed by atoms with van der Waals surface area (Å²) in [5.41, 5.74) is 18.4. The molecule has 1 aliphatic carbocycles. The van der Waals surface area contributed by atoms with Gasteiger partial charge >= 0.3 is 0 Å². The molecule has 0 spiro atoms. The van der Waals surface area contributed by atoms with E-state index in [-0.39, 0.29) is 0 Å². The number of nitrogens with zero attached hydrogens (tertiary/aromatic N) is 2. The van der Waals surface area contributed by atoms with E-state index in [9.17, 15) is 0 Å². The lowest BCUT2D eigenvalue weighted by Gasteiger charge is -2.25. The van der Waals surface area contributed by atoms with Crippen molar-refractivity contribution in [2.45, 2.75) is 6.92 Å². The van der Waals surface area contributed by atoms with Crippen LogP contribution in [-0.2, 0) is 7.05 Å². The van der Waals surface area contributed by atoms with Crippen molar-refractivity contribution in [2.75, 3.05) is 0 Å². The maximum absolute atomic E-state index is 2.43. The Balaban J connectivity index is 1.41. The number of para-hydroxylation sites is 1. The fourth-order valence-electron chi connectivity index (χ4n) is 7.80. The van der Waals surface area contributed by atoms with Crippen LogP contribution in [0.4, 0.5) is 0 Å². The van der Waals surface area contributed by atoms with Gasteiger partial charge in [-0.2, -0.15) is 4.57 Å². The first-order chi connectivity index (χ1) is 24.2. The Labute approximate surface area is 287 Å². The van der Waals surface area contributed by atoms with Gasteiger partial charge in [0.2, 0.25) is 0 Å². The van der Waals surface area contributed by atoms with E-state index in [0.29, 0.717) is 0 Å². The van der Waals surface area contributed by atoms with Crippen LogP contribution in [0, 0.1) is 6.92 Å². The summed E-state index contributed by atoms with van der Waals surface area (Å²) in [5, 5.41) is 0. The molecule has 0 amide bonds. The van der Waals surface area contributed by atoms with E-state index < -0.39 is 0 Å². The molecule has 0 aliphatic heterocycles. The minimum absolute atomic E-state index is 1.14. The van der Waals surface area contributed by atoms with Gasteiger partial charge in [-0.25, -0.2) is 4.57 Å². The van der Waals surface area contributed by atoms with Gasteiger partial charge < -0.3 is 0 Å². The van der Waals surface area contributed by atoms with Gasteiger partial charge in [-0.15, -0.1) is 0 Å². The zero-order valence-electron chi connectivity index (χ0n) is 27.6. The number of hydrogen-bond acceptors (Lipinski definition) is 0. The van der Waals surface area contributed by atoms with Crippen molar-refractivity contribution in [3.05, 3.63) is 182 Å². The van der Waals surface area contributed by atoms with Gasteiger partial charge in [0.1, 0.15) is 18.1 Å². The van der Waals surface area contributed by atoms with E-state index in [1.807, 2.05) is 0 Å². The molecule has 0 bridgehead atoms. The molecule has 0 radical (unpaired) electrons. The second-order valence-corrected chi connectivity index (χ2v) is 12.9. The summed E-state index contributed by atoms with van der Waals surface area (Å²) in [4.78, 5) is 0. The monoisotopic (exact) mass is 627 g/mol. The van der Waals surface area contributed by atoms with E-state index in [2.05, 4.69) is 199 Å². The van der Waals surface area contributed by atoms with Gasteiger partial charge in [-0.05, 0) is 62.6 Å². The van der Waals surface area contributed by atoms with Crippen LogP contribution in [0.25, 0.3) is 83.8 Å². The van der Waals surface area contributed by atoms with Crippen molar-refractivity contribution < 1.29 is 4.57 Å². The van der Waals surface area contributed by atoms with E-state index in [1.54, 1.807) is 0 Å². The first kappa shape index (κ1) is 28.9. The number of aryl methyl sites for hydroxylation is 2. The molecular formula is C47H35N2+. The molecule has 2 nitrogen and oxygen atoms in total. The molecule has 232 valence electrons. The van der Waals surface area contributed by atoms with Gasteiger partial charge in [0.25, 0.3) is 5.82 Å². The highest BCUT2D eigenvalue weighted by molar-refractivity contribution is 6.07. The van der Waals surface area contributed by atoms with Crippen LogP contribution in [0.5, 0.6) is 0 Å². The molecule has 1 aliphatic rings. The SMILES string of the molecule is Cc1ccc2c(c1-c1n(-c3c(-c4ccccc4)cccc3-c3ccccc3)cc[n+]1C)-c1ccccc1-c1ccccc1-c1ccccc1-2. The highest BCUT2D eigenvalue weighted by Crippen LogP contribution is 2.51. The van der Waals surface area contributed by atoms with Crippen molar-refractivity contribution in [1.82, 2.24) is 4.57 Å². The lowest BCUT2D eigenvalue weighted by molar-refractivity contribution is -0.659. The first-order valence-corrected chi connectivity index (χ1v) is 16.9. The summed E-state index contributed by atoms with van der Waals surface area (Å²) in [6, 6.07) is 59.6. The number of imidazole rings is 1. The number of fused-ring (bicyclic) bond motifs is 8. The van der Waals surface area contributed by atoms with Gasteiger partial charge in [-0.3, -0.25) is 0 Å². The Morgan fingerprint density at radius 1 is 0.388 bits per heavy atom. The predicted octanol–water partition coefficient (Wildman–Crippen LogP) is 11.6. The third-order valence-corrected chi connectivity index (χ3v) is 10.0. The van der Waals surface area contributed by atoms with Crippen molar-refractivity contribution in [3.8, 4) is 83.8 Å². The molecule has 0 unspecified atom stereocenters. The number of aromatic nitrogens is 2. The predicted molar refractivity (Wildman–Crippen MR) is 203 cm³/mol. The van der Waals surface area contributed by atoms with Crippen molar-refractivity contribution >= 4 is 0 Å². The Morgan fingerprint density at radius 3 is 1.35 bits per heavy atom. The Kier molecular flexibility index (Phi) is 6.95. The minimum Gasteiger partial charge on any atom is -0.232 e. The Bertz CT molecular complexity index is 2440. The van der Waals surface area contributed by atoms with E-state index in [0.717, 1.165) is 11.5 Å². The second-order valence-electron chi connectivity index (χ2n) is 12.9. The molecule has 9 rings (SSSR count). The van der Waals surface area contributed by atoms with Crippen LogP contribution in [0.3, 0.4) is 0 Å². The molecule has 0 atom stereocenters. The molecule has 49 heavy (non-hydrogen) atoms. The van der Waals surface area contributed by atoms with Crippen molar-refractivity contribution in [3.63, 3.8) is 0 Å². The van der Waals surface area contributed by atoms with Crippen molar-refractivity contribution in [2.24, 2.45) is 7.05 Å². The number of rotatable bonds is 4. The summed E-state index contributed by atoms with van der Waals surface area (Å²) < 4.78 is 4.72. The lowest BCUT2D eigenvalue weighted by atomic mass is 9.78. The largest absolute Gasteiger partial charge is 0.294 e. The quantitative estimate of drug-likeness (QED) is 0.172. The molecule has 2 heteroatoms. The van der Waals surface area contributed by atoms with E-state index in [1.165, 1.54) is 77.9 Å². The van der Waals surface area contributed by atoms with Gasteiger partial charge in [0, 0.05) is 16.7 Å². The van der Waals surface area contributed by atoms with Crippen LogP contribution in [-0.4, -0.2) is 4.57 Å². The number of hydrogen-bond donors (Lipinski definition) is 0. The van der Waals surface area contributed by atoms with Gasteiger partial charge in [-0.1, -0.05) is 164 Å². The Morgan fingerprint density at radius 2 is 0.816 bits per heavy atom. The molecular weight excluding hydrogens is 593 g/mol. The maximum atomic E-state index is 2.43. The molecule has 1 aromatic heterocycles. The molecule has 1 heterocycles. The molecule has 8 aromatic rings. The van der Waals surface area contributed by atoms with Crippen molar-refractivity contribution in [1.29, 1.82) is 0 Å². The standard InChI is InChI=1S/C47H35N2/c1-32-28-29-43-41-24-12-11-22-39(41)37-20-9-10-21-38(37)40-23-13-14-25-42(40)45(43)44(32)47-48(2)30-31-49(47)46-35(33-16-5-3-6-17-33)26-15-27-36(46)34-18-7-4-8-19-34/h3-31H,1-2H3/q+1. The average molecular weight is 628 g/mol. The fraction of sp³-hybridized carbons (Fsp3) is 0.0426. The third-order valence-electron chi connectivity index (χ3n) is 10.0. The van der Waals surface area contributed by atoms with Crippen LogP contribution < -0.4 is 4.57 Å². The second kappa shape index (κ2) is 11.8. The fourth-order valence-corrected chi connectivity index (χ4v) is 7.80. The van der Waals surface area contributed by atoms with E-state index >= 15 is 0 Å². The first-order valence-electron chi connectivity index (χ1n) is 16.9. The Hall–Kier alpha value is -6.25. The summed E-state index contributed by atoms with van der Waals surface area (Å²) in [6.45, 7) is 2.26. The smallest absolute Gasteiger partial charge is 0.232 e. The highest BCUT2D eigenvalue weighted by Gasteiger charge is 2.32. The molecule has 0 fully saturated rings. The summed E-state index contributed by atoms with van der Waals surface area (Å²) >= 11 is 0. The molecule has 0 saturated carbocycles. The van der Waals surface area contributed by atoms with Crippen LogP contribution in [0.2, 0.25) is 0 Å². The molecule has 0 saturated heterocycles. The summed E-state index contributed by atoms with van der Waals surface area (Å²) in [7, 11) is 2.18. The zero-order chi connectivity index (χ0) is 32.9. The molecule has 0 N–H and O–H groups in total. The normalized spacial score (nSPS) is 11.5. The minimum atomic E-state index is 1.14. The average Bonchev–Trinajstić information content (AvgIpc) is 3.54. The molecule has 7 aromatic carbocycles. The lowest BCUT2D eigenvalue weighted by Crippen LogP contribution is -2.29. The third kappa shape index (κ3) is 4.68.